The number of aryl methyl sites for hydroxylation is 1. The second-order valence-electron chi connectivity index (χ2n) is 5.35. The van der Waals surface area contributed by atoms with E-state index >= 15 is 0 Å². The molecule has 1 atom stereocenters. The minimum Gasteiger partial charge on any atom is -0.319 e. The van der Waals surface area contributed by atoms with E-state index in [0.29, 0.717) is 16.9 Å². The van der Waals surface area contributed by atoms with Crippen LogP contribution in [0.4, 0.5) is 0 Å². The highest BCUT2D eigenvalue weighted by Gasteiger charge is 2.26. The van der Waals surface area contributed by atoms with Crippen molar-refractivity contribution in [2.24, 2.45) is 0 Å². The van der Waals surface area contributed by atoms with Gasteiger partial charge in [0.05, 0.1) is 22.5 Å². The summed E-state index contributed by atoms with van der Waals surface area (Å²) < 4.78 is 2.29. The summed E-state index contributed by atoms with van der Waals surface area (Å²) in [5.74, 6) is 1.31. The van der Waals surface area contributed by atoms with Crippen LogP contribution >= 0.6 is 34.5 Å². The normalized spacial score (nSPS) is 18.1. The van der Waals surface area contributed by atoms with E-state index in [0.717, 1.165) is 23.3 Å². The van der Waals surface area contributed by atoms with Gasteiger partial charge in [0.25, 0.3) is 0 Å². The molecule has 0 fully saturated rings. The van der Waals surface area contributed by atoms with Gasteiger partial charge >= 0.3 is 0 Å². The van der Waals surface area contributed by atoms with Gasteiger partial charge in [0.2, 0.25) is 0 Å². The van der Waals surface area contributed by atoms with Crippen molar-refractivity contribution < 1.29 is 0 Å². The van der Waals surface area contributed by atoms with Crippen molar-refractivity contribution in [1.82, 2.24) is 9.55 Å². The molecule has 0 N–H and O–H groups in total. The lowest BCUT2D eigenvalue weighted by molar-refractivity contribution is 0.495. The Morgan fingerprint density at radius 1 is 1.33 bits per heavy atom. The summed E-state index contributed by atoms with van der Waals surface area (Å²) in [4.78, 5) is 6.16. The number of halogens is 2. The molecule has 2 heterocycles. The predicted octanol–water partition coefficient (Wildman–Crippen LogP) is 5.42. The van der Waals surface area contributed by atoms with Crippen molar-refractivity contribution >= 4 is 45.6 Å². The van der Waals surface area contributed by atoms with Crippen molar-refractivity contribution in [1.29, 1.82) is 0 Å². The van der Waals surface area contributed by atoms with Crippen molar-refractivity contribution in [3.8, 4) is 0 Å². The number of alkyl halides is 1. The molecule has 0 amide bonds. The van der Waals surface area contributed by atoms with E-state index < -0.39 is 0 Å². The van der Waals surface area contributed by atoms with E-state index in [9.17, 15) is 0 Å². The summed E-state index contributed by atoms with van der Waals surface area (Å²) >= 11 is 14.3. The molecule has 4 rings (SSSR count). The number of nitrogens with zero attached hydrogens (tertiary/aromatic N) is 2. The van der Waals surface area contributed by atoms with Gasteiger partial charge in [0.15, 0.2) is 0 Å². The number of benzene rings is 1. The molecule has 0 spiro atoms. The van der Waals surface area contributed by atoms with Crippen molar-refractivity contribution in [3.05, 3.63) is 50.9 Å². The maximum Gasteiger partial charge on any atom is 0.125 e. The Bertz CT molecular complexity index is 806. The molecule has 0 bridgehead atoms. The van der Waals surface area contributed by atoms with Crippen molar-refractivity contribution in [3.63, 3.8) is 0 Å². The highest BCUT2D eigenvalue weighted by Crippen LogP contribution is 2.39. The van der Waals surface area contributed by atoms with E-state index in [1.807, 2.05) is 23.5 Å². The summed E-state index contributed by atoms with van der Waals surface area (Å²) in [5.41, 5.74) is 3.37. The number of hydrogen-bond donors (Lipinski definition) is 0. The molecule has 108 valence electrons. The first kappa shape index (κ1) is 13.6. The van der Waals surface area contributed by atoms with Gasteiger partial charge in [-0.1, -0.05) is 17.7 Å². The Morgan fingerprint density at radius 2 is 2.24 bits per heavy atom. The molecule has 1 aliphatic carbocycles. The van der Waals surface area contributed by atoms with Crippen LogP contribution in [0.3, 0.4) is 0 Å². The standard InChI is InChI=1S/C16H14Cl2N2S/c17-9-15-19-16-11(18)3-1-5-13(16)20(15)12-4-2-6-14-10(12)7-8-21-14/h1,3,5,7-8,12H,2,4,6,9H2. The molecule has 0 radical (unpaired) electrons. The maximum absolute atomic E-state index is 6.30. The molecule has 21 heavy (non-hydrogen) atoms. The molecule has 1 unspecified atom stereocenters. The summed E-state index contributed by atoms with van der Waals surface area (Å²) in [5, 5.41) is 2.88. The summed E-state index contributed by atoms with van der Waals surface area (Å²) in [6.07, 6.45) is 3.53. The van der Waals surface area contributed by atoms with Gasteiger partial charge in [0.1, 0.15) is 11.3 Å². The molecule has 3 aromatic rings. The van der Waals surface area contributed by atoms with Crippen LogP contribution in [0.5, 0.6) is 0 Å². The van der Waals surface area contributed by atoms with E-state index in [1.165, 1.54) is 23.3 Å². The lowest BCUT2D eigenvalue weighted by Crippen LogP contribution is -2.17. The Labute approximate surface area is 137 Å². The van der Waals surface area contributed by atoms with Crippen LogP contribution < -0.4 is 0 Å². The number of rotatable bonds is 2. The van der Waals surface area contributed by atoms with Gasteiger partial charge in [-0.25, -0.2) is 4.98 Å². The zero-order valence-corrected chi connectivity index (χ0v) is 13.7. The Morgan fingerprint density at radius 3 is 3.10 bits per heavy atom. The van der Waals surface area contributed by atoms with Gasteiger partial charge in [-0.2, -0.15) is 0 Å². The minimum atomic E-state index is 0.331. The van der Waals surface area contributed by atoms with E-state index in [-0.39, 0.29) is 0 Å². The van der Waals surface area contributed by atoms with E-state index in [2.05, 4.69) is 27.1 Å². The first-order valence-electron chi connectivity index (χ1n) is 7.07. The average molecular weight is 337 g/mol. The largest absolute Gasteiger partial charge is 0.319 e. The molecule has 1 aliphatic rings. The molecule has 1 aromatic carbocycles. The molecular formula is C16H14Cl2N2S. The van der Waals surface area contributed by atoms with Crippen LogP contribution in [0, 0.1) is 0 Å². The highest BCUT2D eigenvalue weighted by molar-refractivity contribution is 7.10. The lowest BCUT2D eigenvalue weighted by atomic mass is 9.93. The number of para-hydroxylation sites is 1. The summed E-state index contributed by atoms with van der Waals surface area (Å²) in [7, 11) is 0. The van der Waals surface area contributed by atoms with Crippen LogP contribution in [-0.2, 0) is 12.3 Å². The van der Waals surface area contributed by atoms with Crippen LogP contribution in [0.1, 0.15) is 35.1 Å². The second kappa shape index (κ2) is 5.31. The molecule has 2 nitrogen and oxygen atoms in total. The van der Waals surface area contributed by atoms with Crippen molar-refractivity contribution in [2.75, 3.05) is 0 Å². The third-order valence-electron chi connectivity index (χ3n) is 4.20. The average Bonchev–Trinajstić information content (AvgIpc) is 3.11. The van der Waals surface area contributed by atoms with Gasteiger partial charge in [-0.3, -0.25) is 0 Å². The molecule has 0 saturated heterocycles. The van der Waals surface area contributed by atoms with Crippen LogP contribution in [0.25, 0.3) is 11.0 Å². The SMILES string of the molecule is ClCc1nc2c(Cl)cccc2n1C1CCCc2sccc21. The number of aromatic nitrogens is 2. The number of imidazole rings is 1. The number of hydrogen-bond acceptors (Lipinski definition) is 2. The number of thiophene rings is 1. The monoisotopic (exact) mass is 336 g/mol. The molecule has 0 saturated carbocycles. The molecule has 2 aromatic heterocycles. The summed E-state index contributed by atoms with van der Waals surface area (Å²) in [6.45, 7) is 0. The Kier molecular flexibility index (Phi) is 3.44. The Balaban J connectivity index is 1.97. The smallest absolute Gasteiger partial charge is 0.125 e. The second-order valence-corrected chi connectivity index (χ2v) is 7.02. The zero-order chi connectivity index (χ0) is 14.4. The van der Waals surface area contributed by atoms with E-state index in [1.54, 1.807) is 0 Å². The fraction of sp³-hybridized carbons (Fsp3) is 0.312. The number of fused-ring (bicyclic) bond motifs is 2. The Hall–Kier alpha value is -1.03. The van der Waals surface area contributed by atoms with Crippen LogP contribution in [0.2, 0.25) is 5.02 Å². The summed E-state index contributed by atoms with van der Waals surface area (Å²) in [6, 6.07) is 8.54. The minimum absolute atomic E-state index is 0.331. The first-order valence-corrected chi connectivity index (χ1v) is 8.86. The van der Waals surface area contributed by atoms with Gasteiger partial charge in [0, 0.05) is 4.88 Å². The maximum atomic E-state index is 6.30. The molecule has 5 heteroatoms. The third-order valence-corrected chi connectivity index (χ3v) is 5.74. The van der Waals surface area contributed by atoms with Crippen LogP contribution in [0.15, 0.2) is 29.6 Å². The fourth-order valence-corrected chi connectivity index (χ4v) is 4.68. The highest BCUT2D eigenvalue weighted by atomic mass is 35.5. The molecule has 0 aliphatic heterocycles. The van der Waals surface area contributed by atoms with Crippen LogP contribution in [-0.4, -0.2) is 9.55 Å². The first-order chi connectivity index (χ1) is 10.3. The predicted molar refractivity (Wildman–Crippen MR) is 89.7 cm³/mol. The zero-order valence-electron chi connectivity index (χ0n) is 11.4. The quantitative estimate of drug-likeness (QED) is 0.571. The lowest BCUT2D eigenvalue weighted by Gasteiger charge is -2.26. The van der Waals surface area contributed by atoms with Gasteiger partial charge in [-0.05, 0) is 48.4 Å². The topological polar surface area (TPSA) is 17.8 Å². The fourth-order valence-electron chi connectivity index (χ4n) is 3.30. The van der Waals surface area contributed by atoms with Gasteiger partial charge < -0.3 is 4.57 Å². The third kappa shape index (κ3) is 2.10. The molecular weight excluding hydrogens is 323 g/mol. The van der Waals surface area contributed by atoms with E-state index in [4.69, 9.17) is 23.2 Å². The van der Waals surface area contributed by atoms with Gasteiger partial charge in [-0.15, -0.1) is 22.9 Å². The van der Waals surface area contributed by atoms with Crippen molar-refractivity contribution in [2.45, 2.75) is 31.2 Å².